The van der Waals surface area contributed by atoms with Crippen molar-refractivity contribution in [2.75, 3.05) is 13.7 Å². The maximum Gasteiger partial charge on any atom is 0.122 e. The van der Waals surface area contributed by atoms with Gasteiger partial charge in [0.1, 0.15) is 5.75 Å². The van der Waals surface area contributed by atoms with Gasteiger partial charge < -0.3 is 14.8 Å². The van der Waals surface area contributed by atoms with Gasteiger partial charge in [0.15, 0.2) is 0 Å². The Morgan fingerprint density at radius 3 is 2.86 bits per heavy atom. The molecule has 3 nitrogen and oxygen atoms in total. The van der Waals surface area contributed by atoms with E-state index in [0.29, 0.717) is 18.2 Å². The standard InChI is InChI=1S/C17H26BrNO2/c1-4-9-19-15(17-7-5-12(2)21-17)11-13-10-14(18)6-8-16(13)20-3/h6,8,10,12,15,17,19H,4-5,7,9,11H2,1-3H3. The lowest BCUT2D eigenvalue weighted by atomic mass is 9.98. The second-order valence-corrected chi connectivity index (χ2v) is 6.70. The van der Waals surface area contributed by atoms with E-state index < -0.39 is 0 Å². The van der Waals surface area contributed by atoms with Gasteiger partial charge in [-0.2, -0.15) is 0 Å². The molecule has 1 fully saturated rings. The molecule has 0 bridgehead atoms. The monoisotopic (exact) mass is 355 g/mol. The average Bonchev–Trinajstić information content (AvgIpc) is 2.90. The lowest BCUT2D eigenvalue weighted by Gasteiger charge is -2.26. The van der Waals surface area contributed by atoms with Crippen molar-refractivity contribution in [2.24, 2.45) is 0 Å². The predicted molar refractivity (Wildman–Crippen MR) is 90.0 cm³/mol. The fraction of sp³-hybridized carbons (Fsp3) is 0.647. The Morgan fingerprint density at radius 2 is 2.24 bits per heavy atom. The van der Waals surface area contributed by atoms with Crippen LogP contribution in [0.4, 0.5) is 0 Å². The van der Waals surface area contributed by atoms with Gasteiger partial charge >= 0.3 is 0 Å². The summed E-state index contributed by atoms with van der Waals surface area (Å²) in [6.07, 6.45) is 5.04. The van der Waals surface area contributed by atoms with Gasteiger partial charge in [0.05, 0.1) is 19.3 Å². The summed E-state index contributed by atoms with van der Waals surface area (Å²) in [4.78, 5) is 0. The first kappa shape index (κ1) is 16.8. The summed E-state index contributed by atoms with van der Waals surface area (Å²) >= 11 is 3.55. The van der Waals surface area contributed by atoms with Crippen LogP contribution in [0.25, 0.3) is 0 Å². The molecule has 1 aromatic rings. The lowest BCUT2D eigenvalue weighted by Crippen LogP contribution is -2.42. The molecule has 0 saturated carbocycles. The van der Waals surface area contributed by atoms with Gasteiger partial charge in [0.2, 0.25) is 0 Å². The fourth-order valence-corrected chi connectivity index (χ4v) is 3.35. The van der Waals surface area contributed by atoms with Crippen LogP contribution in [-0.2, 0) is 11.2 Å². The molecule has 1 saturated heterocycles. The molecule has 0 aromatic heterocycles. The maximum atomic E-state index is 6.08. The third-order valence-electron chi connectivity index (χ3n) is 4.05. The zero-order valence-corrected chi connectivity index (χ0v) is 14.8. The number of benzene rings is 1. The first-order valence-electron chi connectivity index (χ1n) is 7.85. The Hall–Kier alpha value is -0.580. The van der Waals surface area contributed by atoms with Crippen LogP contribution in [0.1, 0.15) is 38.7 Å². The number of halogens is 1. The number of hydrogen-bond donors (Lipinski definition) is 1. The smallest absolute Gasteiger partial charge is 0.122 e. The molecule has 3 atom stereocenters. The fourth-order valence-electron chi connectivity index (χ4n) is 2.94. The van der Waals surface area contributed by atoms with Crippen molar-refractivity contribution in [3.63, 3.8) is 0 Å². The molecule has 2 rings (SSSR count). The van der Waals surface area contributed by atoms with Crippen molar-refractivity contribution in [2.45, 2.75) is 57.8 Å². The van der Waals surface area contributed by atoms with E-state index in [0.717, 1.165) is 42.5 Å². The zero-order valence-electron chi connectivity index (χ0n) is 13.2. The number of ether oxygens (including phenoxy) is 2. The van der Waals surface area contributed by atoms with Crippen LogP contribution < -0.4 is 10.1 Å². The summed E-state index contributed by atoms with van der Waals surface area (Å²) in [5.41, 5.74) is 1.23. The van der Waals surface area contributed by atoms with Crippen molar-refractivity contribution in [3.8, 4) is 5.75 Å². The van der Waals surface area contributed by atoms with E-state index in [2.05, 4.69) is 41.2 Å². The minimum absolute atomic E-state index is 0.301. The molecule has 1 N–H and O–H groups in total. The first-order valence-corrected chi connectivity index (χ1v) is 8.64. The summed E-state index contributed by atoms with van der Waals surface area (Å²) in [6, 6.07) is 6.54. The molecule has 4 heteroatoms. The highest BCUT2D eigenvalue weighted by molar-refractivity contribution is 9.10. The molecular formula is C17H26BrNO2. The summed E-state index contributed by atoms with van der Waals surface area (Å²) < 4.78 is 12.7. The van der Waals surface area contributed by atoms with E-state index in [-0.39, 0.29) is 0 Å². The minimum atomic E-state index is 0.301. The van der Waals surface area contributed by atoms with Crippen LogP contribution >= 0.6 is 15.9 Å². The van der Waals surface area contributed by atoms with Gasteiger partial charge in [-0.05, 0) is 62.9 Å². The average molecular weight is 356 g/mol. The molecule has 1 heterocycles. The number of hydrogen-bond acceptors (Lipinski definition) is 3. The van der Waals surface area contributed by atoms with Crippen molar-refractivity contribution >= 4 is 15.9 Å². The molecule has 1 aliphatic rings. The van der Waals surface area contributed by atoms with E-state index >= 15 is 0 Å². The molecule has 1 aromatic carbocycles. The normalized spacial score (nSPS) is 23.2. The van der Waals surface area contributed by atoms with Crippen LogP contribution in [0.3, 0.4) is 0 Å². The van der Waals surface area contributed by atoms with Crippen LogP contribution in [0.5, 0.6) is 5.75 Å². The van der Waals surface area contributed by atoms with Crippen LogP contribution in [0.15, 0.2) is 22.7 Å². The van der Waals surface area contributed by atoms with Gasteiger partial charge in [-0.3, -0.25) is 0 Å². The SMILES string of the molecule is CCCNC(Cc1cc(Br)ccc1OC)C1CCC(C)O1. The van der Waals surface area contributed by atoms with Crippen LogP contribution in [-0.4, -0.2) is 31.9 Å². The van der Waals surface area contributed by atoms with Gasteiger partial charge in [-0.15, -0.1) is 0 Å². The third kappa shape index (κ3) is 4.70. The van der Waals surface area contributed by atoms with Crippen LogP contribution in [0.2, 0.25) is 0 Å². The largest absolute Gasteiger partial charge is 0.496 e. The molecule has 0 amide bonds. The Morgan fingerprint density at radius 1 is 1.43 bits per heavy atom. The number of nitrogens with one attached hydrogen (secondary N) is 1. The minimum Gasteiger partial charge on any atom is -0.496 e. The van der Waals surface area contributed by atoms with E-state index in [1.165, 1.54) is 5.56 Å². The summed E-state index contributed by atoms with van der Waals surface area (Å²) in [5, 5.41) is 3.66. The maximum absolute atomic E-state index is 6.08. The quantitative estimate of drug-likeness (QED) is 0.803. The second kappa shape index (κ2) is 8.16. The summed E-state index contributed by atoms with van der Waals surface area (Å²) in [6.45, 7) is 5.38. The highest BCUT2D eigenvalue weighted by Crippen LogP contribution is 2.28. The molecule has 0 aliphatic carbocycles. The highest BCUT2D eigenvalue weighted by atomic mass is 79.9. The van der Waals surface area contributed by atoms with E-state index in [9.17, 15) is 0 Å². The Kier molecular flexibility index (Phi) is 6.52. The molecule has 118 valence electrons. The van der Waals surface area contributed by atoms with E-state index in [4.69, 9.17) is 9.47 Å². The van der Waals surface area contributed by atoms with Gasteiger partial charge in [0.25, 0.3) is 0 Å². The van der Waals surface area contributed by atoms with E-state index in [1.54, 1.807) is 7.11 Å². The highest BCUT2D eigenvalue weighted by Gasteiger charge is 2.29. The first-order chi connectivity index (χ1) is 10.1. The Labute approximate surface area is 136 Å². The molecule has 21 heavy (non-hydrogen) atoms. The van der Waals surface area contributed by atoms with Gasteiger partial charge in [-0.25, -0.2) is 0 Å². The lowest BCUT2D eigenvalue weighted by molar-refractivity contribution is 0.0319. The second-order valence-electron chi connectivity index (χ2n) is 5.78. The van der Waals surface area contributed by atoms with Crippen LogP contribution in [0, 0.1) is 0 Å². The predicted octanol–water partition coefficient (Wildman–Crippen LogP) is 3.94. The number of methoxy groups -OCH3 is 1. The molecule has 1 aliphatic heterocycles. The summed E-state index contributed by atoms with van der Waals surface area (Å²) in [7, 11) is 1.73. The summed E-state index contributed by atoms with van der Waals surface area (Å²) in [5.74, 6) is 0.951. The third-order valence-corrected chi connectivity index (χ3v) is 4.55. The molecule has 0 spiro atoms. The molecule has 3 unspecified atom stereocenters. The Balaban J connectivity index is 2.12. The Bertz CT molecular complexity index is 452. The van der Waals surface area contributed by atoms with Crippen molar-refractivity contribution in [1.29, 1.82) is 0 Å². The van der Waals surface area contributed by atoms with Gasteiger partial charge in [-0.1, -0.05) is 22.9 Å². The number of rotatable bonds is 7. The molecule has 0 radical (unpaired) electrons. The van der Waals surface area contributed by atoms with Crippen molar-refractivity contribution < 1.29 is 9.47 Å². The molecular weight excluding hydrogens is 330 g/mol. The van der Waals surface area contributed by atoms with Crippen molar-refractivity contribution in [1.82, 2.24) is 5.32 Å². The van der Waals surface area contributed by atoms with Crippen molar-refractivity contribution in [3.05, 3.63) is 28.2 Å². The topological polar surface area (TPSA) is 30.5 Å². The zero-order chi connectivity index (χ0) is 15.2. The van der Waals surface area contributed by atoms with E-state index in [1.807, 2.05) is 12.1 Å². The van der Waals surface area contributed by atoms with Gasteiger partial charge in [0, 0.05) is 10.5 Å².